The Balaban J connectivity index is 3.21. The molecule has 1 aromatic rings. The molecule has 0 aliphatic carbocycles. The fourth-order valence-electron chi connectivity index (χ4n) is 1.24. The second kappa shape index (κ2) is 4.75. The van der Waals surface area contributed by atoms with Gasteiger partial charge in [0.1, 0.15) is 11.3 Å². The van der Waals surface area contributed by atoms with Crippen LogP contribution in [0.2, 0.25) is 0 Å². The van der Waals surface area contributed by atoms with Crippen LogP contribution in [0, 0.1) is 6.92 Å². The van der Waals surface area contributed by atoms with Gasteiger partial charge < -0.3 is 14.8 Å². The first-order valence-electron chi connectivity index (χ1n) is 4.56. The smallest absolute Gasteiger partial charge is 0.207 e. The van der Waals surface area contributed by atoms with Crippen LogP contribution in [0.15, 0.2) is 15.3 Å². The zero-order valence-electron chi connectivity index (χ0n) is 8.66. The number of anilines is 1. The Labute approximate surface area is 86.7 Å². The van der Waals surface area contributed by atoms with E-state index in [1.54, 1.807) is 6.92 Å². The van der Waals surface area contributed by atoms with Crippen molar-refractivity contribution in [3.05, 3.63) is 27.6 Å². The molecule has 5 nitrogen and oxygen atoms in total. The minimum Gasteiger partial charge on any atom is -0.445 e. The summed E-state index contributed by atoms with van der Waals surface area (Å²) in [6, 6.07) is 1.26. The number of hydrogen-bond donors (Lipinski definition) is 2. The summed E-state index contributed by atoms with van der Waals surface area (Å²) < 4.78 is 5.21. The Morgan fingerprint density at radius 2 is 2.27 bits per heavy atom. The van der Waals surface area contributed by atoms with Crippen molar-refractivity contribution in [1.82, 2.24) is 0 Å². The summed E-state index contributed by atoms with van der Waals surface area (Å²) in [6.45, 7) is 3.04. The number of ketones is 1. The van der Waals surface area contributed by atoms with E-state index in [9.17, 15) is 9.59 Å². The first kappa shape index (κ1) is 11.5. The lowest BCUT2D eigenvalue weighted by atomic mass is 10.2. The van der Waals surface area contributed by atoms with Crippen LogP contribution in [0.25, 0.3) is 0 Å². The summed E-state index contributed by atoms with van der Waals surface area (Å²) in [5, 5.41) is 11.3. The van der Waals surface area contributed by atoms with Crippen LogP contribution in [0.3, 0.4) is 0 Å². The Kier molecular flexibility index (Phi) is 3.62. The second-order valence-corrected chi connectivity index (χ2v) is 3.13. The van der Waals surface area contributed by atoms with E-state index in [2.05, 4.69) is 5.32 Å². The zero-order chi connectivity index (χ0) is 11.4. The molecule has 15 heavy (non-hydrogen) atoms. The summed E-state index contributed by atoms with van der Waals surface area (Å²) in [5.41, 5.74) is -0.374. The minimum absolute atomic E-state index is 0.00551. The summed E-state index contributed by atoms with van der Waals surface area (Å²) in [7, 11) is 0. The van der Waals surface area contributed by atoms with Crippen molar-refractivity contribution in [2.45, 2.75) is 13.8 Å². The maximum atomic E-state index is 11.5. The fraction of sp³-hybridized carbons (Fsp3) is 0.400. The molecule has 0 saturated carbocycles. The maximum absolute atomic E-state index is 11.5. The number of hydrogen-bond acceptors (Lipinski definition) is 5. The van der Waals surface area contributed by atoms with Crippen molar-refractivity contribution in [1.29, 1.82) is 0 Å². The van der Waals surface area contributed by atoms with Gasteiger partial charge in [-0.25, -0.2) is 0 Å². The zero-order valence-corrected chi connectivity index (χ0v) is 8.66. The molecule has 1 rings (SSSR count). The monoisotopic (exact) mass is 211 g/mol. The van der Waals surface area contributed by atoms with E-state index >= 15 is 0 Å². The summed E-state index contributed by atoms with van der Waals surface area (Å²) in [6.07, 6.45) is 0. The second-order valence-electron chi connectivity index (χ2n) is 3.13. The molecular weight excluding hydrogens is 198 g/mol. The molecule has 0 bridgehead atoms. The lowest BCUT2D eigenvalue weighted by Crippen LogP contribution is -2.18. The van der Waals surface area contributed by atoms with Gasteiger partial charge in [0, 0.05) is 12.6 Å². The van der Waals surface area contributed by atoms with Crippen LogP contribution < -0.4 is 10.7 Å². The van der Waals surface area contributed by atoms with Gasteiger partial charge in [-0.15, -0.1) is 0 Å². The highest BCUT2D eigenvalue weighted by Gasteiger charge is 2.14. The van der Waals surface area contributed by atoms with E-state index < -0.39 is 0 Å². The number of aliphatic hydroxyl groups excluding tert-OH is 1. The average Bonchev–Trinajstić information content (AvgIpc) is 2.12. The highest BCUT2D eigenvalue weighted by molar-refractivity contribution is 5.98. The van der Waals surface area contributed by atoms with Gasteiger partial charge in [-0.3, -0.25) is 9.59 Å². The Bertz CT molecular complexity index is 422. The number of rotatable bonds is 4. The van der Waals surface area contributed by atoms with Gasteiger partial charge >= 0.3 is 0 Å². The molecule has 0 spiro atoms. The SMILES string of the molecule is CC(=O)c1c(NCCO)oc(C)cc1=O. The molecule has 0 aromatic carbocycles. The standard InChI is InChI=1S/C10H13NO4/c1-6-5-8(14)9(7(2)13)10(15-6)11-3-4-12/h5,11-12H,3-4H2,1-2H3. The highest BCUT2D eigenvalue weighted by atomic mass is 16.4. The molecule has 0 saturated heterocycles. The molecule has 1 aromatic heterocycles. The van der Waals surface area contributed by atoms with Crippen LogP contribution in [0.4, 0.5) is 5.88 Å². The molecule has 5 heteroatoms. The van der Waals surface area contributed by atoms with Gasteiger partial charge in [0.05, 0.1) is 6.61 Å². The lowest BCUT2D eigenvalue weighted by molar-refractivity contribution is 0.101. The van der Waals surface area contributed by atoms with Crippen molar-refractivity contribution in [3.63, 3.8) is 0 Å². The molecule has 0 atom stereocenters. The number of carbonyl (C=O) groups excluding carboxylic acids is 1. The summed E-state index contributed by atoms with van der Waals surface area (Å²) in [5.74, 6) is 0.191. The first-order chi connectivity index (χ1) is 7.06. The largest absolute Gasteiger partial charge is 0.445 e. The first-order valence-corrected chi connectivity index (χ1v) is 4.56. The quantitative estimate of drug-likeness (QED) is 0.711. The van der Waals surface area contributed by atoms with E-state index in [1.807, 2.05) is 0 Å². The van der Waals surface area contributed by atoms with Gasteiger partial charge in [0.25, 0.3) is 0 Å². The van der Waals surface area contributed by atoms with Crippen molar-refractivity contribution in [2.24, 2.45) is 0 Å². The normalized spacial score (nSPS) is 10.1. The molecule has 0 radical (unpaired) electrons. The fourth-order valence-corrected chi connectivity index (χ4v) is 1.24. The van der Waals surface area contributed by atoms with E-state index in [1.165, 1.54) is 13.0 Å². The van der Waals surface area contributed by atoms with Crippen molar-refractivity contribution in [3.8, 4) is 0 Å². The van der Waals surface area contributed by atoms with Gasteiger partial charge in [-0.05, 0) is 13.8 Å². The third-order valence-corrected chi connectivity index (χ3v) is 1.82. The predicted molar refractivity (Wildman–Crippen MR) is 55.3 cm³/mol. The van der Waals surface area contributed by atoms with Crippen LogP contribution in [0.1, 0.15) is 23.0 Å². The number of nitrogens with one attached hydrogen (secondary N) is 1. The van der Waals surface area contributed by atoms with Gasteiger partial charge in [0.15, 0.2) is 11.2 Å². The van der Waals surface area contributed by atoms with Crippen molar-refractivity contribution >= 4 is 11.7 Å². The minimum atomic E-state index is -0.369. The summed E-state index contributed by atoms with van der Waals surface area (Å²) >= 11 is 0. The molecule has 0 fully saturated rings. The van der Waals surface area contributed by atoms with E-state index in [0.29, 0.717) is 5.76 Å². The van der Waals surface area contributed by atoms with Gasteiger partial charge in [-0.2, -0.15) is 0 Å². The lowest BCUT2D eigenvalue weighted by Gasteiger charge is -2.07. The molecular formula is C10H13NO4. The average molecular weight is 211 g/mol. The van der Waals surface area contributed by atoms with Gasteiger partial charge in [-0.1, -0.05) is 0 Å². The Hall–Kier alpha value is -1.62. The topological polar surface area (TPSA) is 79.5 Å². The third-order valence-electron chi connectivity index (χ3n) is 1.82. The highest BCUT2D eigenvalue weighted by Crippen LogP contribution is 2.13. The third kappa shape index (κ3) is 2.66. The Morgan fingerprint density at radius 3 is 2.80 bits per heavy atom. The molecule has 82 valence electrons. The Morgan fingerprint density at radius 1 is 1.60 bits per heavy atom. The molecule has 0 amide bonds. The molecule has 0 aliphatic heterocycles. The van der Waals surface area contributed by atoms with Crippen molar-refractivity contribution < 1.29 is 14.3 Å². The van der Waals surface area contributed by atoms with Crippen LogP contribution in [-0.4, -0.2) is 24.0 Å². The van der Waals surface area contributed by atoms with E-state index in [4.69, 9.17) is 9.52 Å². The van der Waals surface area contributed by atoms with Crippen LogP contribution in [-0.2, 0) is 0 Å². The van der Waals surface area contributed by atoms with Gasteiger partial charge in [0.2, 0.25) is 5.88 Å². The van der Waals surface area contributed by atoms with Crippen molar-refractivity contribution in [2.75, 3.05) is 18.5 Å². The molecule has 0 unspecified atom stereocenters. The number of carbonyl (C=O) groups is 1. The van der Waals surface area contributed by atoms with E-state index in [0.717, 1.165) is 0 Å². The number of Topliss-reactive ketones (excluding diaryl/α,β-unsaturated/α-hetero) is 1. The summed E-state index contributed by atoms with van der Waals surface area (Å²) in [4.78, 5) is 22.7. The molecule has 2 N–H and O–H groups in total. The predicted octanol–water partition coefficient (Wildman–Crippen LogP) is 0.555. The molecule has 1 heterocycles. The molecule has 0 aliphatic rings. The number of aliphatic hydroxyl groups is 1. The van der Waals surface area contributed by atoms with Crippen LogP contribution >= 0.6 is 0 Å². The van der Waals surface area contributed by atoms with E-state index in [-0.39, 0.29) is 35.8 Å². The van der Waals surface area contributed by atoms with Crippen LogP contribution in [0.5, 0.6) is 0 Å². The number of aryl methyl sites for hydroxylation is 1. The maximum Gasteiger partial charge on any atom is 0.207 e.